The summed E-state index contributed by atoms with van der Waals surface area (Å²) < 4.78 is 0. The number of rotatable bonds is 5. The van der Waals surface area contributed by atoms with Crippen molar-refractivity contribution in [3.63, 3.8) is 0 Å². The Morgan fingerprint density at radius 3 is 2.31 bits per heavy atom. The average molecular weight is 247 g/mol. The van der Waals surface area contributed by atoms with Crippen LogP contribution in [0.25, 0.3) is 0 Å². The van der Waals surface area contributed by atoms with Gasteiger partial charge < -0.3 is 0 Å². The second-order valence-electron chi connectivity index (χ2n) is 4.47. The van der Waals surface area contributed by atoms with E-state index >= 15 is 0 Å². The molecule has 0 aliphatic heterocycles. The molecule has 1 aliphatic rings. The minimum Gasteiger partial charge on any atom is -0.0891 e. The fourth-order valence-electron chi connectivity index (χ4n) is 2.27. The highest BCUT2D eigenvalue weighted by Crippen LogP contribution is 2.31. The van der Waals surface area contributed by atoms with Gasteiger partial charge in [0.25, 0.3) is 0 Å². The molecule has 0 nitrogen and oxygen atoms in total. The fourth-order valence-corrected chi connectivity index (χ4v) is 2.80. The average Bonchev–Trinajstić information content (AvgIpc) is 2.15. The largest absolute Gasteiger partial charge is 0.0891 e. The van der Waals surface area contributed by atoms with Crippen LogP contribution >= 0.6 is 15.9 Å². The van der Waals surface area contributed by atoms with Crippen molar-refractivity contribution in [2.24, 2.45) is 5.92 Å². The van der Waals surface area contributed by atoms with E-state index in [1.807, 2.05) is 0 Å². The normalized spacial score (nSPS) is 29.1. The molecule has 0 aromatic rings. The molecule has 1 fully saturated rings. The standard InChI is InChI=1S/C12H23Br/c1-2-3-4-5-6-11-7-9-12(13)10-8-11/h11-12H,2-10H2,1H3. The number of unbranched alkanes of at least 4 members (excludes halogenated alkanes) is 3. The van der Waals surface area contributed by atoms with E-state index in [0.717, 1.165) is 10.7 Å². The zero-order chi connectivity index (χ0) is 9.52. The van der Waals surface area contributed by atoms with Crippen LogP contribution in [0.4, 0.5) is 0 Å². The van der Waals surface area contributed by atoms with E-state index in [0.29, 0.717) is 0 Å². The summed E-state index contributed by atoms with van der Waals surface area (Å²) in [6.45, 7) is 2.29. The lowest BCUT2D eigenvalue weighted by Crippen LogP contribution is -2.13. The Kier molecular flexibility index (Phi) is 6.10. The first-order valence-electron chi connectivity index (χ1n) is 5.97. The third-order valence-corrected chi connectivity index (χ3v) is 4.16. The molecule has 1 rings (SSSR count). The molecule has 13 heavy (non-hydrogen) atoms. The quantitative estimate of drug-likeness (QED) is 0.478. The summed E-state index contributed by atoms with van der Waals surface area (Å²) in [5.41, 5.74) is 0. The molecule has 0 radical (unpaired) electrons. The Bertz CT molecular complexity index is 114. The lowest BCUT2D eigenvalue weighted by molar-refractivity contribution is 0.336. The van der Waals surface area contributed by atoms with E-state index in [2.05, 4.69) is 22.9 Å². The minimum absolute atomic E-state index is 0.833. The van der Waals surface area contributed by atoms with E-state index in [4.69, 9.17) is 0 Å². The van der Waals surface area contributed by atoms with Gasteiger partial charge >= 0.3 is 0 Å². The monoisotopic (exact) mass is 246 g/mol. The molecule has 0 amide bonds. The first-order chi connectivity index (χ1) is 6.33. The molecule has 0 atom stereocenters. The van der Waals surface area contributed by atoms with Gasteiger partial charge in [-0.2, -0.15) is 0 Å². The molecule has 0 spiro atoms. The second-order valence-corrected chi connectivity index (χ2v) is 5.76. The molecule has 1 saturated carbocycles. The van der Waals surface area contributed by atoms with Crippen molar-refractivity contribution in [1.29, 1.82) is 0 Å². The minimum atomic E-state index is 0.833. The van der Waals surface area contributed by atoms with Gasteiger partial charge in [-0.25, -0.2) is 0 Å². The van der Waals surface area contributed by atoms with Crippen LogP contribution in [0.1, 0.15) is 64.7 Å². The summed E-state index contributed by atoms with van der Waals surface area (Å²) in [4.78, 5) is 0.833. The first-order valence-corrected chi connectivity index (χ1v) is 6.88. The number of hydrogen-bond acceptors (Lipinski definition) is 0. The molecule has 0 unspecified atom stereocenters. The zero-order valence-electron chi connectivity index (χ0n) is 8.90. The van der Waals surface area contributed by atoms with Crippen LogP contribution in [0, 0.1) is 5.92 Å². The topological polar surface area (TPSA) is 0 Å². The number of alkyl halides is 1. The molecule has 78 valence electrons. The van der Waals surface area contributed by atoms with E-state index < -0.39 is 0 Å². The maximum atomic E-state index is 3.71. The fraction of sp³-hybridized carbons (Fsp3) is 1.00. The lowest BCUT2D eigenvalue weighted by Gasteiger charge is -2.24. The molecule has 0 saturated heterocycles. The number of halogens is 1. The Hall–Kier alpha value is 0.480. The molecular formula is C12H23Br. The summed E-state index contributed by atoms with van der Waals surface area (Å²) >= 11 is 3.71. The van der Waals surface area contributed by atoms with Crippen LogP contribution in [-0.2, 0) is 0 Å². The van der Waals surface area contributed by atoms with Gasteiger partial charge in [-0.1, -0.05) is 55.0 Å². The highest BCUT2D eigenvalue weighted by molar-refractivity contribution is 9.09. The van der Waals surface area contributed by atoms with Gasteiger partial charge in [-0.15, -0.1) is 0 Å². The van der Waals surface area contributed by atoms with Gasteiger partial charge in [0.1, 0.15) is 0 Å². The summed E-state index contributed by atoms with van der Waals surface area (Å²) in [6, 6.07) is 0. The highest BCUT2D eigenvalue weighted by atomic mass is 79.9. The van der Waals surface area contributed by atoms with E-state index in [1.165, 1.54) is 57.8 Å². The van der Waals surface area contributed by atoms with E-state index in [1.54, 1.807) is 0 Å². The smallest absolute Gasteiger partial charge is 0.0146 e. The maximum Gasteiger partial charge on any atom is 0.0146 e. The van der Waals surface area contributed by atoms with E-state index in [9.17, 15) is 0 Å². The van der Waals surface area contributed by atoms with Crippen molar-refractivity contribution >= 4 is 15.9 Å². The summed E-state index contributed by atoms with van der Waals surface area (Å²) in [5.74, 6) is 1.06. The van der Waals surface area contributed by atoms with Crippen LogP contribution in [0.15, 0.2) is 0 Å². The summed E-state index contributed by atoms with van der Waals surface area (Å²) in [6.07, 6.45) is 13.0. The molecule has 0 aromatic carbocycles. The van der Waals surface area contributed by atoms with Gasteiger partial charge in [0.2, 0.25) is 0 Å². The molecule has 0 aromatic heterocycles. The van der Waals surface area contributed by atoms with Crippen LogP contribution in [0.2, 0.25) is 0 Å². The molecule has 0 heterocycles. The summed E-state index contributed by atoms with van der Waals surface area (Å²) in [5, 5.41) is 0. The molecule has 0 bridgehead atoms. The van der Waals surface area contributed by atoms with Gasteiger partial charge in [-0.05, 0) is 31.6 Å². The van der Waals surface area contributed by atoms with E-state index in [-0.39, 0.29) is 0 Å². The van der Waals surface area contributed by atoms with Crippen molar-refractivity contribution in [2.45, 2.75) is 69.5 Å². The van der Waals surface area contributed by atoms with Crippen LogP contribution in [0.3, 0.4) is 0 Å². The van der Waals surface area contributed by atoms with Gasteiger partial charge in [0, 0.05) is 4.83 Å². The highest BCUT2D eigenvalue weighted by Gasteiger charge is 2.18. The predicted octanol–water partition coefficient (Wildman–Crippen LogP) is 4.91. The lowest BCUT2D eigenvalue weighted by atomic mass is 9.85. The second kappa shape index (κ2) is 6.86. The molecule has 1 heteroatoms. The molecular weight excluding hydrogens is 224 g/mol. The van der Waals surface area contributed by atoms with Crippen LogP contribution < -0.4 is 0 Å². The molecule has 1 aliphatic carbocycles. The predicted molar refractivity (Wildman–Crippen MR) is 63.4 cm³/mol. The van der Waals surface area contributed by atoms with Gasteiger partial charge in [-0.3, -0.25) is 0 Å². The Morgan fingerprint density at radius 1 is 1.00 bits per heavy atom. The van der Waals surface area contributed by atoms with Gasteiger partial charge in [0.05, 0.1) is 0 Å². The molecule has 0 N–H and O–H groups in total. The SMILES string of the molecule is CCCCCCC1CCC(Br)CC1. The maximum absolute atomic E-state index is 3.71. The van der Waals surface area contributed by atoms with Gasteiger partial charge in [0.15, 0.2) is 0 Å². The third kappa shape index (κ3) is 5.05. The van der Waals surface area contributed by atoms with Crippen molar-refractivity contribution < 1.29 is 0 Å². The van der Waals surface area contributed by atoms with Crippen LogP contribution in [0.5, 0.6) is 0 Å². The number of hydrogen-bond donors (Lipinski definition) is 0. The van der Waals surface area contributed by atoms with Crippen molar-refractivity contribution in [2.75, 3.05) is 0 Å². The zero-order valence-corrected chi connectivity index (χ0v) is 10.5. The Morgan fingerprint density at radius 2 is 1.69 bits per heavy atom. The third-order valence-electron chi connectivity index (χ3n) is 3.24. The van der Waals surface area contributed by atoms with Crippen molar-refractivity contribution in [1.82, 2.24) is 0 Å². The Labute approximate surface area is 91.6 Å². The van der Waals surface area contributed by atoms with Crippen molar-refractivity contribution in [3.8, 4) is 0 Å². The van der Waals surface area contributed by atoms with Crippen LogP contribution in [-0.4, -0.2) is 4.83 Å². The van der Waals surface area contributed by atoms with Crippen molar-refractivity contribution in [3.05, 3.63) is 0 Å². The first kappa shape index (κ1) is 11.6. The Balaban J connectivity index is 1.96. The summed E-state index contributed by atoms with van der Waals surface area (Å²) in [7, 11) is 0.